The first-order chi connectivity index (χ1) is 7.06. The number of nitrogens with two attached hydrogens (primary N) is 1. The van der Waals surface area contributed by atoms with Crippen molar-refractivity contribution in [3.63, 3.8) is 0 Å². The molecule has 0 amide bonds. The Bertz CT molecular complexity index is 290. The predicted molar refractivity (Wildman–Crippen MR) is 66.3 cm³/mol. The van der Waals surface area contributed by atoms with Crippen LogP contribution < -0.4 is 10.6 Å². The summed E-state index contributed by atoms with van der Waals surface area (Å²) in [5.41, 5.74) is 8.24. The van der Waals surface area contributed by atoms with E-state index in [2.05, 4.69) is 48.2 Å². The van der Waals surface area contributed by atoms with Gasteiger partial charge in [0, 0.05) is 32.4 Å². The maximum atomic E-state index is 5.75. The molecule has 0 fully saturated rings. The molecule has 0 saturated carbocycles. The van der Waals surface area contributed by atoms with Crippen molar-refractivity contribution in [2.24, 2.45) is 5.73 Å². The van der Waals surface area contributed by atoms with Crippen LogP contribution in [0.25, 0.3) is 0 Å². The molecule has 0 aliphatic carbocycles. The van der Waals surface area contributed by atoms with Crippen LogP contribution in [0.3, 0.4) is 0 Å². The monoisotopic (exact) mass is 207 g/mol. The van der Waals surface area contributed by atoms with E-state index in [1.54, 1.807) is 0 Å². The molecule has 0 aromatic heterocycles. The van der Waals surface area contributed by atoms with Crippen LogP contribution in [0.4, 0.5) is 5.69 Å². The largest absolute Gasteiger partial charge is 0.378 e. The topological polar surface area (TPSA) is 32.5 Å². The standard InChI is InChI=1S/C12H21N3/c1-14(2)11-7-5-10(6-8-11)12(9-13)15(3)4/h5-8,12H,9,13H2,1-4H3/t12-/m1/s1. The maximum absolute atomic E-state index is 5.75. The van der Waals surface area contributed by atoms with Crippen molar-refractivity contribution in [3.8, 4) is 0 Å². The predicted octanol–water partition coefficient (Wildman–Crippen LogP) is 1.31. The Labute approximate surface area is 92.5 Å². The van der Waals surface area contributed by atoms with Crippen molar-refractivity contribution in [1.29, 1.82) is 0 Å². The minimum atomic E-state index is 0.307. The van der Waals surface area contributed by atoms with E-state index in [0.717, 1.165) is 0 Å². The van der Waals surface area contributed by atoms with Crippen molar-refractivity contribution < 1.29 is 0 Å². The van der Waals surface area contributed by atoms with Gasteiger partial charge < -0.3 is 15.5 Å². The van der Waals surface area contributed by atoms with Crippen LogP contribution in [0.15, 0.2) is 24.3 Å². The minimum Gasteiger partial charge on any atom is -0.378 e. The van der Waals surface area contributed by atoms with Gasteiger partial charge in [0.05, 0.1) is 0 Å². The number of hydrogen-bond donors (Lipinski definition) is 1. The highest BCUT2D eigenvalue weighted by Gasteiger charge is 2.11. The van der Waals surface area contributed by atoms with Gasteiger partial charge in [-0.1, -0.05) is 12.1 Å². The Balaban J connectivity index is 2.87. The number of anilines is 1. The lowest BCUT2D eigenvalue weighted by molar-refractivity contribution is 0.306. The Morgan fingerprint density at radius 2 is 1.60 bits per heavy atom. The quantitative estimate of drug-likeness (QED) is 0.808. The number of nitrogens with zero attached hydrogens (tertiary/aromatic N) is 2. The molecule has 0 spiro atoms. The molecule has 0 heterocycles. The molecule has 0 unspecified atom stereocenters. The molecule has 0 saturated heterocycles. The molecule has 1 aromatic rings. The summed E-state index contributed by atoms with van der Waals surface area (Å²) in [5, 5.41) is 0. The van der Waals surface area contributed by atoms with E-state index in [4.69, 9.17) is 5.73 Å². The van der Waals surface area contributed by atoms with Crippen LogP contribution in [-0.2, 0) is 0 Å². The second-order valence-electron chi connectivity index (χ2n) is 4.20. The summed E-state index contributed by atoms with van der Waals surface area (Å²) in [6.07, 6.45) is 0. The summed E-state index contributed by atoms with van der Waals surface area (Å²) >= 11 is 0. The summed E-state index contributed by atoms with van der Waals surface area (Å²) in [4.78, 5) is 4.24. The third-order valence-corrected chi connectivity index (χ3v) is 2.64. The first kappa shape index (κ1) is 12.0. The zero-order chi connectivity index (χ0) is 11.4. The lowest BCUT2D eigenvalue weighted by Crippen LogP contribution is -2.27. The van der Waals surface area contributed by atoms with Gasteiger partial charge in [-0.3, -0.25) is 0 Å². The molecule has 3 nitrogen and oxygen atoms in total. The van der Waals surface area contributed by atoms with Gasteiger partial charge in [-0.15, -0.1) is 0 Å². The minimum absolute atomic E-state index is 0.307. The van der Waals surface area contributed by atoms with E-state index in [0.29, 0.717) is 12.6 Å². The Morgan fingerprint density at radius 1 is 1.07 bits per heavy atom. The maximum Gasteiger partial charge on any atom is 0.0464 e. The Hall–Kier alpha value is -1.06. The van der Waals surface area contributed by atoms with Gasteiger partial charge in [0.25, 0.3) is 0 Å². The van der Waals surface area contributed by atoms with Crippen LogP contribution >= 0.6 is 0 Å². The first-order valence-corrected chi connectivity index (χ1v) is 5.20. The molecule has 1 aromatic carbocycles. The molecule has 3 heteroatoms. The molecule has 84 valence electrons. The Kier molecular flexibility index (Phi) is 4.12. The van der Waals surface area contributed by atoms with Crippen LogP contribution in [0.1, 0.15) is 11.6 Å². The van der Waals surface area contributed by atoms with Gasteiger partial charge in [0.2, 0.25) is 0 Å². The highest BCUT2D eigenvalue weighted by molar-refractivity contribution is 5.46. The van der Waals surface area contributed by atoms with Crippen molar-refractivity contribution in [2.45, 2.75) is 6.04 Å². The third kappa shape index (κ3) is 2.94. The third-order valence-electron chi connectivity index (χ3n) is 2.64. The van der Waals surface area contributed by atoms with E-state index >= 15 is 0 Å². The van der Waals surface area contributed by atoms with Gasteiger partial charge in [0.1, 0.15) is 0 Å². The molecule has 2 N–H and O–H groups in total. The SMILES string of the molecule is CN(C)c1ccc([C@@H](CN)N(C)C)cc1. The molecule has 1 atom stereocenters. The highest BCUT2D eigenvalue weighted by atomic mass is 15.1. The fourth-order valence-electron chi connectivity index (χ4n) is 1.64. The van der Waals surface area contributed by atoms with Gasteiger partial charge >= 0.3 is 0 Å². The number of benzene rings is 1. The molecule has 15 heavy (non-hydrogen) atoms. The van der Waals surface area contributed by atoms with Gasteiger partial charge in [-0.05, 0) is 31.8 Å². The summed E-state index contributed by atoms with van der Waals surface area (Å²) in [5.74, 6) is 0. The van der Waals surface area contributed by atoms with Crippen LogP contribution in [-0.4, -0.2) is 39.6 Å². The zero-order valence-corrected chi connectivity index (χ0v) is 10.1. The molecular formula is C12H21N3. The van der Waals surface area contributed by atoms with E-state index in [-0.39, 0.29) is 0 Å². The molecule has 0 bridgehead atoms. The molecule has 1 rings (SSSR count). The van der Waals surface area contributed by atoms with Gasteiger partial charge in [-0.2, -0.15) is 0 Å². The van der Waals surface area contributed by atoms with Crippen molar-refractivity contribution in [3.05, 3.63) is 29.8 Å². The fourth-order valence-corrected chi connectivity index (χ4v) is 1.64. The average molecular weight is 207 g/mol. The Morgan fingerprint density at radius 3 is 1.93 bits per heavy atom. The average Bonchev–Trinajstić information content (AvgIpc) is 2.19. The van der Waals surface area contributed by atoms with E-state index < -0.39 is 0 Å². The van der Waals surface area contributed by atoms with Crippen LogP contribution in [0.5, 0.6) is 0 Å². The molecule has 0 radical (unpaired) electrons. The first-order valence-electron chi connectivity index (χ1n) is 5.20. The van der Waals surface area contributed by atoms with Gasteiger partial charge in [0.15, 0.2) is 0 Å². The smallest absolute Gasteiger partial charge is 0.0464 e. The second kappa shape index (κ2) is 5.14. The summed E-state index contributed by atoms with van der Waals surface area (Å²) in [6.45, 7) is 0.647. The number of likely N-dealkylation sites (N-methyl/N-ethyl adjacent to an activating group) is 1. The zero-order valence-electron chi connectivity index (χ0n) is 10.1. The number of hydrogen-bond acceptors (Lipinski definition) is 3. The molecule has 0 aliphatic rings. The summed E-state index contributed by atoms with van der Waals surface area (Å²) in [7, 11) is 8.19. The van der Waals surface area contributed by atoms with E-state index in [1.165, 1.54) is 11.3 Å². The van der Waals surface area contributed by atoms with Crippen LogP contribution in [0, 0.1) is 0 Å². The van der Waals surface area contributed by atoms with Gasteiger partial charge in [-0.25, -0.2) is 0 Å². The van der Waals surface area contributed by atoms with E-state index in [1.807, 2.05) is 14.1 Å². The van der Waals surface area contributed by atoms with Crippen molar-refractivity contribution in [1.82, 2.24) is 4.90 Å². The molecular weight excluding hydrogens is 186 g/mol. The normalized spacial score (nSPS) is 12.9. The lowest BCUT2D eigenvalue weighted by Gasteiger charge is -2.23. The summed E-state index contributed by atoms with van der Waals surface area (Å²) < 4.78 is 0. The number of rotatable bonds is 4. The lowest BCUT2D eigenvalue weighted by atomic mass is 10.1. The summed E-state index contributed by atoms with van der Waals surface area (Å²) in [6, 6.07) is 8.85. The fraction of sp³-hybridized carbons (Fsp3) is 0.500. The van der Waals surface area contributed by atoms with E-state index in [9.17, 15) is 0 Å². The molecule has 0 aliphatic heterocycles. The van der Waals surface area contributed by atoms with Crippen LogP contribution in [0.2, 0.25) is 0 Å². The second-order valence-corrected chi connectivity index (χ2v) is 4.20. The van der Waals surface area contributed by atoms with Crippen molar-refractivity contribution >= 4 is 5.69 Å². The highest BCUT2D eigenvalue weighted by Crippen LogP contribution is 2.20. The van der Waals surface area contributed by atoms with Crippen molar-refractivity contribution in [2.75, 3.05) is 39.6 Å².